The van der Waals surface area contributed by atoms with Crippen molar-refractivity contribution >= 4 is 35.0 Å². The van der Waals surface area contributed by atoms with E-state index >= 15 is 0 Å². The molecule has 2 aromatic carbocycles. The Morgan fingerprint density at radius 1 is 1.05 bits per heavy atom. The number of carboxylic acid groups (broad SMARTS) is 1. The SMILES string of the molecule is Cc1cccc(NC(=O)Nc2ccc(Cl)cc2)c1C(=O)O. The summed E-state index contributed by atoms with van der Waals surface area (Å²) in [6, 6.07) is 11.0. The van der Waals surface area contributed by atoms with E-state index in [4.69, 9.17) is 11.6 Å². The van der Waals surface area contributed by atoms with E-state index in [2.05, 4.69) is 10.6 Å². The minimum atomic E-state index is -1.09. The van der Waals surface area contributed by atoms with E-state index in [1.54, 1.807) is 43.3 Å². The number of nitrogens with one attached hydrogen (secondary N) is 2. The van der Waals surface area contributed by atoms with Crippen LogP contribution in [-0.2, 0) is 0 Å². The van der Waals surface area contributed by atoms with E-state index in [1.165, 1.54) is 6.07 Å². The number of aryl methyl sites for hydroxylation is 1. The van der Waals surface area contributed by atoms with Crippen molar-refractivity contribution in [1.29, 1.82) is 0 Å². The fourth-order valence-corrected chi connectivity index (χ4v) is 2.00. The van der Waals surface area contributed by atoms with E-state index in [1.807, 2.05) is 0 Å². The van der Waals surface area contributed by atoms with Crippen LogP contribution in [0.25, 0.3) is 0 Å². The molecule has 0 radical (unpaired) electrons. The second-order valence-electron chi connectivity index (χ2n) is 4.39. The largest absolute Gasteiger partial charge is 0.478 e. The third kappa shape index (κ3) is 3.73. The van der Waals surface area contributed by atoms with Gasteiger partial charge in [-0.25, -0.2) is 9.59 Å². The van der Waals surface area contributed by atoms with E-state index in [0.29, 0.717) is 16.3 Å². The molecule has 0 heterocycles. The van der Waals surface area contributed by atoms with Crippen LogP contribution in [0.2, 0.25) is 5.02 Å². The number of aromatic carboxylic acids is 1. The highest BCUT2D eigenvalue weighted by Crippen LogP contribution is 2.20. The number of amides is 2. The lowest BCUT2D eigenvalue weighted by molar-refractivity contribution is 0.0697. The number of carboxylic acids is 1. The van der Waals surface area contributed by atoms with Crippen LogP contribution >= 0.6 is 11.6 Å². The molecule has 0 atom stereocenters. The van der Waals surface area contributed by atoms with Gasteiger partial charge in [0, 0.05) is 10.7 Å². The van der Waals surface area contributed by atoms with Gasteiger partial charge in [0.05, 0.1) is 11.3 Å². The number of benzene rings is 2. The first-order chi connectivity index (χ1) is 9.97. The van der Waals surface area contributed by atoms with Gasteiger partial charge in [0.25, 0.3) is 0 Å². The fourth-order valence-electron chi connectivity index (χ4n) is 1.87. The lowest BCUT2D eigenvalue weighted by atomic mass is 10.1. The molecule has 6 heteroatoms. The molecular weight excluding hydrogens is 292 g/mol. The minimum absolute atomic E-state index is 0.0729. The topological polar surface area (TPSA) is 78.4 Å². The highest BCUT2D eigenvalue weighted by atomic mass is 35.5. The number of hydrogen-bond donors (Lipinski definition) is 3. The maximum Gasteiger partial charge on any atom is 0.338 e. The second kappa shape index (κ2) is 6.28. The van der Waals surface area contributed by atoms with Gasteiger partial charge in [-0.2, -0.15) is 0 Å². The summed E-state index contributed by atoms with van der Waals surface area (Å²) in [7, 11) is 0. The average molecular weight is 305 g/mol. The van der Waals surface area contributed by atoms with Gasteiger partial charge in [0.1, 0.15) is 0 Å². The van der Waals surface area contributed by atoms with Crippen LogP contribution in [0.3, 0.4) is 0 Å². The van der Waals surface area contributed by atoms with E-state index in [0.717, 1.165) is 0 Å². The zero-order valence-electron chi connectivity index (χ0n) is 11.2. The molecule has 0 saturated heterocycles. The Balaban J connectivity index is 2.15. The Bertz CT molecular complexity index is 684. The first-order valence-corrected chi connectivity index (χ1v) is 6.51. The van der Waals surface area contributed by atoms with Crippen LogP contribution in [0.5, 0.6) is 0 Å². The molecule has 0 aliphatic carbocycles. The van der Waals surface area contributed by atoms with Crippen LogP contribution in [-0.4, -0.2) is 17.1 Å². The van der Waals surface area contributed by atoms with Crippen molar-refractivity contribution in [3.05, 3.63) is 58.6 Å². The Morgan fingerprint density at radius 3 is 2.33 bits per heavy atom. The van der Waals surface area contributed by atoms with E-state index in [9.17, 15) is 14.7 Å². The van der Waals surface area contributed by atoms with E-state index < -0.39 is 12.0 Å². The van der Waals surface area contributed by atoms with Gasteiger partial charge in [-0.15, -0.1) is 0 Å². The van der Waals surface area contributed by atoms with Gasteiger partial charge in [-0.05, 0) is 42.8 Å². The Hall–Kier alpha value is -2.53. The van der Waals surface area contributed by atoms with Gasteiger partial charge in [0.2, 0.25) is 0 Å². The highest BCUT2D eigenvalue weighted by molar-refractivity contribution is 6.30. The number of urea groups is 1. The van der Waals surface area contributed by atoms with Gasteiger partial charge < -0.3 is 15.7 Å². The molecule has 2 aromatic rings. The van der Waals surface area contributed by atoms with Gasteiger partial charge in [0.15, 0.2) is 0 Å². The van der Waals surface area contributed by atoms with Gasteiger partial charge in [-0.3, -0.25) is 0 Å². The highest BCUT2D eigenvalue weighted by Gasteiger charge is 2.14. The number of halogens is 1. The van der Waals surface area contributed by atoms with Gasteiger partial charge in [-0.1, -0.05) is 23.7 Å². The molecule has 0 bridgehead atoms. The maximum absolute atomic E-state index is 11.9. The summed E-state index contributed by atoms with van der Waals surface area (Å²) in [5.74, 6) is -1.09. The number of hydrogen-bond acceptors (Lipinski definition) is 2. The quantitative estimate of drug-likeness (QED) is 0.802. The first kappa shape index (κ1) is 14.9. The summed E-state index contributed by atoms with van der Waals surface area (Å²) >= 11 is 5.76. The number of carbonyl (C=O) groups is 2. The van der Waals surface area contributed by atoms with Crippen LogP contribution in [0.1, 0.15) is 15.9 Å². The van der Waals surface area contributed by atoms with Crippen LogP contribution in [0, 0.1) is 6.92 Å². The third-order valence-corrected chi connectivity index (χ3v) is 3.09. The molecule has 0 aliphatic heterocycles. The van der Waals surface area contributed by atoms with Gasteiger partial charge >= 0.3 is 12.0 Å². The molecular formula is C15H13ClN2O3. The molecule has 0 aliphatic rings. The summed E-state index contributed by atoms with van der Waals surface area (Å²) < 4.78 is 0. The predicted octanol–water partition coefficient (Wildman–Crippen LogP) is 3.99. The van der Waals surface area contributed by atoms with Crippen molar-refractivity contribution < 1.29 is 14.7 Å². The molecule has 2 rings (SSSR count). The molecule has 21 heavy (non-hydrogen) atoms. The fraction of sp³-hybridized carbons (Fsp3) is 0.0667. The summed E-state index contributed by atoms with van der Waals surface area (Å²) in [5, 5.41) is 14.9. The second-order valence-corrected chi connectivity index (χ2v) is 4.83. The van der Waals surface area contributed by atoms with Crippen molar-refractivity contribution in [3.63, 3.8) is 0 Å². The minimum Gasteiger partial charge on any atom is -0.478 e. The summed E-state index contributed by atoms with van der Waals surface area (Å²) in [5.41, 5.74) is 1.45. The normalized spacial score (nSPS) is 10.0. The lowest BCUT2D eigenvalue weighted by Gasteiger charge is -2.11. The van der Waals surface area contributed by atoms with E-state index in [-0.39, 0.29) is 11.3 Å². The number of rotatable bonds is 3. The molecule has 0 aromatic heterocycles. The Morgan fingerprint density at radius 2 is 1.71 bits per heavy atom. The average Bonchev–Trinajstić information content (AvgIpc) is 2.41. The third-order valence-electron chi connectivity index (χ3n) is 2.84. The van der Waals surface area contributed by atoms with Crippen LogP contribution in [0.4, 0.5) is 16.2 Å². The molecule has 0 spiro atoms. The molecule has 0 unspecified atom stereocenters. The summed E-state index contributed by atoms with van der Waals surface area (Å²) in [6.07, 6.45) is 0. The number of carbonyl (C=O) groups excluding carboxylic acids is 1. The molecule has 0 fully saturated rings. The van der Waals surface area contributed by atoms with Crippen molar-refractivity contribution in [2.24, 2.45) is 0 Å². The maximum atomic E-state index is 11.9. The lowest BCUT2D eigenvalue weighted by Crippen LogP contribution is -2.21. The Kier molecular flexibility index (Phi) is 4.45. The van der Waals surface area contributed by atoms with Crippen LogP contribution < -0.4 is 10.6 Å². The van der Waals surface area contributed by atoms with Crippen molar-refractivity contribution in [3.8, 4) is 0 Å². The zero-order chi connectivity index (χ0) is 15.4. The predicted molar refractivity (Wildman–Crippen MR) is 82.2 cm³/mol. The number of anilines is 2. The smallest absolute Gasteiger partial charge is 0.338 e. The van der Waals surface area contributed by atoms with Crippen molar-refractivity contribution in [2.75, 3.05) is 10.6 Å². The summed E-state index contributed by atoms with van der Waals surface area (Å²) in [4.78, 5) is 23.1. The standard InChI is InChI=1S/C15H13ClN2O3/c1-9-3-2-4-12(13(9)14(19)20)18-15(21)17-11-7-5-10(16)6-8-11/h2-8H,1H3,(H,19,20)(H2,17,18,21). The summed E-state index contributed by atoms with van der Waals surface area (Å²) in [6.45, 7) is 1.67. The zero-order valence-corrected chi connectivity index (χ0v) is 11.9. The van der Waals surface area contributed by atoms with Crippen molar-refractivity contribution in [2.45, 2.75) is 6.92 Å². The molecule has 5 nitrogen and oxygen atoms in total. The van der Waals surface area contributed by atoms with Crippen molar-refractivity contribution in [1.82, 2.24) is 0 Å². The Labute approximate surface area is 126 Å². The molecule has 0 saturated carbocycles. The monoisotopic (exact) mass is 304 g/mol. The first-order valence-electron chi connectivity index (χ1n) is 6.14. The van der Waals surface area contributed by atoms with Crippen LogP contribution in [0.15, 0.2) is 42.5 Å². The molecule has 108 valence electrons. The molecule has 2 amide bonds. The molecule has 3 N–H and O–H groups in total.